The first-order valence-corrected chi connectivity index (χ1v) is 6.77. The van der Waals surface area contributed by atoms with E-state index in [-0.39, 0.29) is 0 Å². The molecule has 98 valence electrons. The van der Waals surface area contributed by atoms with Gasteiger partial charge in [0.1, 0.15) is 0 Å². The van der Waals surface area contributed by atoms with Crippen molar-refractivity contribution in [2.75, 3.05) is 27.2 Å². The smallest absolute Gasteiger partial charge is 0.0125 e. The van der Waals surface area contributed by atoms with Gasteiger partial charge in [0, 0.05) is 6.04 Å². The van der Waals surface area contributed by atoms with Crippen LogP contribution in [0.2, 0.25) is 0 Å². The van der Waals surface area contributed by atoms with Gasteiger partial charge in [0.2, 0.25) is 0 Å². The Kier molecular flexibility index (Phi) is 8.04. The number of nitrogens with zero attached hydrogens (tertiary/aromatic N) is 1. The molecule has 2 nitrogen and oxygen atoms in total. The predicted molar refractivity (Wildman–Crippen MR) is 73.9 cm³/mol. The second kappa shape index (κ2) is 8.08. The van der Waals surface area contributed by atoms with Gasteiger partial charge in [0.05, 0.1) is 0 Å². The van der Waals surface area contributed by atoms with Crippen LogP contribution in [0.3, 0.4) is 0 Å². The van der Waals surface area contributed by atoms with Crippen LogP contribution in [-0.2, 0) is 0 Å². The minimum absolute atomic E-state index is 0.360. The van der Waals surface area contributed by atoms with Crippen LogP contribution in [0, 0.1) is 5.41 Å². The summed E-state index contributed by atoms with van der Waals surface area (Å²) >= 11 is 0. The zero-order valence-corrected chi connectivity index (χ0v) is 12.3. The second-order valence-electron chi connectivity index (χ2n) is 6.01. The van der Waals surface area contributed by atoms with Crippen LogP contribution in [0.15, 0.2) is 0 Å². The zero-order valence-electron chi connectivity index (χ0n) is 12.3. The normalized spacial score (nSPS) is 14.4. The van der Waals surface area contributed by atoms with Crippen LogP contribution in [0.25, 0.3) is 0 Å². The summed E-state index contributed by atoms with van der Waals surface area (Å²) in [4.78, 5) is 2.46. The minimum Gasteiger partial charge on any atom is -0.316 e. The molecular formula is C14H32N2. The van der Waals surface area contributed by atoms with Crippen LogP contribution in [-0.4, -0.2) is 38.1 Å². The highest BCUT2D eigenvalue weighted by Gasteiger charge is 2.22. The average Bonchev–Trinajstić information content (AvgIpc) is 2.17. The molecule has 16 heavy (non-hydrogen) atoms. The average molecular weight is 228 g/mol. The molecule has 0 aliphatic rings. The third-order valence-electron chi connectivity index (χ3n) is 3.34. The van der Waals surface area contributed by atoms with Gasteiger partial charge in [-0.25, -0.2) is 0 Å². The van der Waals surface area contributed by atoms with Crippen LogP contribution in [0.5, 0.6) is 0 Å². The highest BCUT2D eigenvalue weighted by Crippen LogP contribution is 2.21. The van der Waals surface area contributed by atoms with Gasteiger partial charge < -0.3 is 10.2 Å². The van der Waals surface area contributed by atoms with Gasteiger partial charge in [0.25, 0.3) is 0 Å². The monoisotopic (exact) mass is 228 g/mol. The van der Waals surface area contributed by atoms with Gasteiger partial charge in [0.15, 0.2) is 0 Å². The molecule has 2 heteroatoms. The highest BCUT2D eigenvalue weighted by atomic mass is 15.1. The summed E-state index contributed by atoms with van der Waals surface area (Å²) in [6.45, 7) is 11.6. The second-order valence-corrected chi connectivity index (χ2v) is 6.01. The molecule has 0 aliphatic heterocycles. The summed E-state index contributed by atoms with van der Waals surface area (Å²) in [7, 11) is 4.32. The Labute approximate surface area is 103 Å². The first-order chi connectivity index (χ1) is 7.41. The molecule has 0 aromatic rings. The summed E-state index contributed by atoms with van der Waals surface area (Å²) in [5.41, 5.74) is 0.360. The van der Waals surface area contributed by atoms with Crippen molar-refractivity contribution in [1.82, 2.24) is 10.2 Å². The predicted octanol–water partition coefficient (Wildman–Crippen LogP) is 3.13. The molecule has 0 saturated heterocycles. The van der Waals surface area contributed by atoms with Crippen LogP contribution < -0.4 is 5.32 Å². The van der Waals surface area contributed by atoms with Crippen LogP contribution >= 0.6 is 0 Å². The van der Waals surface area contributed by atoms with Gasteiger partial charge in [-0.1, -0.05) is 40.5 Å². The van der Waals surface area contributed by atoms with Crippen molar-refractivity contribution in [1.29, 1.82) is 0 Å². The lowest BCUT2D eigenvalue weighted by atomic mass is 9.85. The molecule has 0 fully saturated rings. The van der Waals surface area contributed by atoms with E-state index in [1.165, 1.54) is 38.8 Å². The van der Waals surface area contributed by atoms with E-state index in [2.05, 4.69) is 52.0 Å². The Bertz CT molecular complexity index is 161. The van der Waals surface area contributed by atoms with E-state index in [0.717, 1.165) is 0 Å². The third kappa shape index (κ3) is 7.24. The maximum absolute atomic E-state index is 3.44. The summed E-state index contributed by atoms with van der Waals surface area (Å²) < 4.78 is 0. The molecule has 0 aliphatic carbocycles. The summed E-state index contributed by atoms with van der Waals surface area (Å²) in [6, 6.07) is 0.612. The van der Waals surface area contributed by atoms with E-state index in [4.69, 9.17) is 0 Å². The van der Waals surface area contributed by atoms with Crippen molar-refractivity contribution >= 4 is 0 Å². The molecule has 0 spiro atoms. The van der Waals surface area contributed by atoms with Crippen LogP contribution in [0.1, 0.15) is 53.4 Å². The Morgan fingerprint density at radius 1 is 1.12 bits per heavy atom. The zero-order chi connectivity index (χ0) is 12.6. The molecule has 0 heterocycles. The molecule has 1 unspecified atom stereocenters. The van der Waals surface area contributed by atoms with E-state index in [9.17, 15) is 0 Å². The lowest BCUT2D eigenvalue weighted by Gasteiger charge is -2.32. The van der Waals surface area contributed by atoms with Gasteiger partial charge in [-0.15, -0.1) is 0 Å². The quantitative estimate of drug-likeness (QED) is 0.642. The van der Waals surface area contributed by atoms with Gasteiger partial charge >= 0.3 is 0 Å². The number of hydrogen-bond acceptors (Lipinski definition) is 2. The van der Waals surface area contributed by atoms with Crippen LogP contribution in [0.4, 0.5) is 0 Å². The Morgan fingerprint density at radius 3 is 2.19 bits per heavy atom. The third-order valence-corrected chi connectivity index (χ3v) is 3.34. The molecule has 0 rings (SSSR count). The Hall–Kier alpha value is -0.0800. The molecular weight excluding hydrogens is 196 g/mol. The summed E-state index contributed by atoms with van der Waals surface area (Å²) in [6.07, 6.45) is 5.25. The molecule has 0 amide bonds. The summed E-state index contributed by atoms with van der Waals surface area (Å²) in [5, 5.41) is 3.44. The SMILES string of the molecule is CCCCCN(C)CCC(NC)C(C)(C)C. The van der Waals surface area contributed by atoms with Crippen molar-refractivity contribution in [2.24, 2.45) is 5.41 Å². The van der Waals surface area contributed by atoms with E-state index in [1.54, 1.807) is 0 Å². The maximum atomic E-state index is 3.44. The van der Waals surface area contributed by atoms with Crippen molar-refractivity contribution in [3.63, 3.8) is 0 Å². The fraction of sp³-hybridized carbons (Fsp3) is 1.00. The summed E-state index contributed by atoms with van der Waals surface area (Å²) in [5.74, 6) is 0. The molecule has 1 atom stereocenters. The lowest BCUT2D eigenvalue weighted by molar-refractivity contribution is 0.228. The Balaban J connectivity index is 3.75. The fourth-order valence-electron chi connectivity index (χ4n) is 2.10. The highest BCUT2D eigenvalue weighted by molar-refractivity contribution is 4.79. The standard InChI is InChI=1S/C14H32N2/c1-7-8-9-11-16(6)12-10-13(15-5)14(2,3)4/h13,15H,7-12H2,1-6H3. The number of rotatable bonds is 8. The van der Waals surface area contributed by atoms with Crippen molar-refractivity contribution in [3.05, 3.63) is 0 Å². The van der Waals surface area contributed by atoms with Gasteiger partial charge in [-0.3, -0.25) is 0 Å². The molecule has 0 aromatic heterocycles. The first-order valence-electron chi connectivity index (χ1n) is 6.77. The number of hydrogen-bond donors (Lipinski definition) is 1. The van der Waals surface area contributed by atoms with E-state index >= 15 is 0 Å². The number of nitrogens with one attached hydrogen (secondary N) is 1. The largest absolute Gasteiger partial charge is 0.316 e. The molecule has 0 aromatic carbocycles. The van der Waals surface area contributed by atoms with E-state index in [0.29, 0.717) is 11.5 Å². The molecule has 0 radical (unpaired) electrons. The van der Waals surface area contributed by atoms with Crippen molar-refractivity contribution in [2.45, 2.75) is 59.4 Å². The molecule has 1 N–H and O–H groups in total. The topological polar surface area (TPSA) is 15.3 Å². The first kappa shape index (κ1) is 15.9. The van der Waals surface area contributed by atoms with Crippen molar-refractivity contribution in [3.8, 4) is 0 Å². The van der Waals surface area contributed by atoms with Gasteiger partial charge in [-0.2, -0.15) is 0 Å². The molecule has 0 bridgehead atoms. The van der Waals surface area contributed by atoms with E-state index < -0.39 is 0 Å². The lowest BCUT2D eigenvalue weighted by Crippen LogP contribution is -2.40. The van der Waals surface area contributed by atoms with E-state index in [1.807, 2.05) is 0 Å². The number of unbranched alkanes of at least 4 members (excludes halogenated alkanes) is 2. The fourth-order valence-corrected chi connectivity index (χ4v) is 2.10. The maximum Gasteiger partial charge on any atom is 0.0125 e. The van der Waals surface area contributed by atoms with Crippen molar-refractivity contribution < 1.29 is 0 Å². The van der Waals surface area contributed by atoms with Gasteiger partial charge in [-0.05, 0) is 45.4 Å². The minimum atomic E-state index is 0.360. The Morgan fingerprint density at radius 2 is 1.75 bits per heavy atom. The molecule has 0 saturated carbocycles.